The molecule has 0 bridgehead atoms. The molecule has 0 aromatic heterocycles. The predicted octanol–water partition coefficient (Wildman–Crippen LogP) is 2.45. The van der Waals surface area contributed by atoms with Gasteiger partial charge >= 0.3 is 0 Å². The Kier molecular flexibility index (Phi) is 3.43. The van der Waals surface area contributed by atoms with Gasteiger partial charge in [-0.25, -0.2) is 0 Å². The molecule has 1 aliphatic heterocycles. The highest BCUT2D eigenvalue weighted by Crippen LogP contribution is 2.31. The fourth-order valence-corrected chi connectivity index (χ4v) is 2.80. The van der Waals surface area contributed by atoms with Gasteiger partial charge in [0.2, 0.25) is 0 Å². The molecule has 0 radical (unpaired) electrons. The van der Waals surface area contributed by atoms with E-state index in [0.29, 0.717) is 13.1 Å². The number of aliphatic hydroxyl groups is 1. The molecule has 1 aliphatic rings. The van der Waals surface area contributed by atoms with Crippen LogP contribution < -0.4 is 0 Å². The van der Waals surface area contributed by atoms with Crippen LogP contribution in [0.25, 0.3) is 0 Å². The first-order valence-corrected chi connectivity index (χ1v) is 6.84. The maximum absolute atomic E-state index is 12.5. The quantitative estimate of drug-likeness (QED) is 0.888. The van der Waals surface area contributed by atoms with Gasteiger partial charge in [0.05, 0.1) is 13.1 Å². The first-order chi connectivity index (χ1) is 8.74. The van der Waals surface area contributed by atoms with E-state index in [1.54, 1.807) is 4.90 Å². The van der Waals surface area contributed by atoms with Crippen LogP contribution in [0.15, 0.2) is 12.1 Å². The van der Waals surface area contributed by atoms with E-state index < -0.39 is 5.60 Å². The molecule has 19 heavy (non-hydrogen) atoms. The van der Waals surface area contributed by atoms with Gasteiger partial charge < -0.3 is 10.0 Å². The van der Waals surface area contributed by atoms with Gasteiger partial charge in [-0.1, -0.05) is 31.5 Å². The van der Waals surface area contributed by atoms with Gasteiger partial charge in [0.1, 0.15) is 5.60 Å². The average molecular weight is 261 g/mol. The van der Waals surface area contributed by atoms with Crippen LogP contribution in [-0.2, 0) is 0 Å². The van der Waals surface area contributed by atoms with Crippen molar-refractivity contribution in [2.45, 2.75) is 40.2 Å². The van der Waals surface area contributed by atoms with Crippen LogP contribution in [-0.4, -0.2) is 34.6 Å². The molecule has 1 aromatic carbocycles. The second-order valence-electron chi connectivity index (χ2n) is 6.19. The van der Waals surface area contributed by atoms with E-state index in [1.807, 2.05) is 46.8 Å². The van der Waals surface area contributed by atoms with E-state index in [0.717, 1.165) is 16.7 Å². The topological polar surface area (TPSA) is 40.5 Å². The Bertz CT molecular complexity index is 490. The largest absolute Gasteiger partial charge is 0.386 e. The smallest absolute Gasteiger partial charge is 0.254 e. The third kappa shape index (κ3) is 2.39. The lowest BCUT2D eigenvalue weighted by Crippen LogP contribution is -2.66. The number of hydrogen-bond donors (Lipinski definition) is 1. The van der Waals surface area contributed by atoms with Crippen molar-refractivity contribution < 1.29 is 9.90 Å². The minimum absolute atomic E-state index is 0.0420. The highest BCUT2D eigenvalue weighted by molar-refractivity contribution is 5.97. The Labute approximate surface area is 115 Å². The van der Waals surface area contributed by atoms with Crippen molar-refractivity contribution in [3.05, 3.63) is 34.4 Å². The number of rotatable bonds is 2. The molecule has 0 atom stereocenters. The number of amides is 1. The molecule has 1 fully saturated rings. The zero-order valence-electron chi connectivity index (χ0n) is 12.4. The normalized spacial score (nSPS) is 17.5. The highest BCUT2D eigenvalue weighted by atomic mass is 16.3. The molecule has 0 saturated carbocycles. The van der Waals surface area contributed by atoms with Crippen molar-refractivity contribution in [3.8, 4) is 0 Å². The Morgan fingerprint density at radius 1 is 1.21 bits per heavy atom. The third-order valence-corrected chi connectivity index (χ3v) is 4.18. The fourth-order valence-electron chi connectivity index (χ4n) is 2.80. The third-order valence-electron chi connectivity index (χ3n) is 4.18. The van der Waals surface area contributed by atoms with E-state index >= 15 is 0 Å². The number of aryl methyl sites for hydroxylation is 3. The maximum atomic E-state index is 12.5. The summed E-state index contributed by atoms with van der Waals surface area (Å²) in [5.74, 6) is 0.220. The molecular formula is C16H23NO2. The standard InChI is InChI=1S/C16H23NO2/c1-10(2)16(19)8-17(9-16)15(18)14-12(4)6-11(3)7-13(14)5/h6-7,10,19H,8-9H2,1-5H3. The fraction of sp³-hybridized carbons (Fsp3) is 0.562. The Balaban J connectivity index is 2.20. The monoisotopic (exact) mass is 261 g/mol. The summed E-state index contributed by atoms with van der Waals surface area (Å²) in [5, 5.41) is 10.2. The molecule has 0 unspecified atom stereocenters. The van der Waals surface area contributed by atoms with Crippen LogP contribution in [0, 0.1) is 26.7 Å². The minimum Gasteiger partial charge on any atom is -0.386 e. The summed E-state index contributed by atoms with van der Waals surface area (Å²) >= 11 is 0. The van der Waals surface area contributed by atoms with Crippen molar-refractivity contribution in [3.63, 3.8) is 0 Å². The van der Waals surface area contributed by atoms with E-state index in [4.69, 9.17) is 0 Å². The van der Waals surface area contributed by atoms with Crippen LogP contribution in [0.3, 0.4) is 0 Å². The second kappa shape index (κ2) is 4.64. The van der Waals surface area contributed by atoms with Gasteiger partial charge in [0.15, 0.2) is 0 Å². The summed E-state index contributed by atoms with van der Waals surface area (Å²) in [7, 11) is 0. The van der Waals surface area contributed by atoms with Crippen molar-refractivity contribution >= 4 is 5.91 Å². The van der Waals surface area contributed by atoms with Gasteiger partial charge in [0.25, 0.3) is 5.91 Å². The van der Waals surface area contributed by atoms with E-state index in [-0.39, 0.29) is 11.8 Å². The molecular weight excluding hydrogens is 238 g/mol. The Morgan fingerprint density at radius 3 is 2.11 bits per heavy atom. The molecule has 3 nitrogen and oxygen atoms in total. The predicted molar refractivity (Wildman–Crippen MR) is 76.3 cm³/mol. The first-order valence-electron chi connectivity index (χ1n) is 6.84. The molecule has 2 rings (SSSR count). The molecule has 3 heteroatoms. The van der Waals surface area contributed by atoms with Crippen LogP contribution >= 0.6 is 0 Å². The van der Waals surface area contributed by atoms with Crippen LogP contribution in [0.4, 0.5) is 0 Å². The van der Waals surface area contributed by atoms with Crippen molar-refractivity contribution in [2.24, 2.45) is 5.92 Å². The number of nitrogens with zero attached hydrogens (tertiary/aromatic N) is 1. The number of carbonyl (C=O) groups is 1. The highest BCUT2D eigenvalue weighted by Gasteiger charge is 2.46. The Morgan fingerprint density at radius 2 is 1.68 bits per heavy atom. The van der Waals surface area contributed by atoms with E-state index in [2.05, 4.69) is 0 Å². The van der Waals surface area contributed by atoms with Crippen LogP contribution in [0.5, 0.6) is 0 Å². The average Bonchev–Trinajstić information content (AvgIpc) is 2.22. The molecule has 1 saturated heterocycles. The van der Waals surface area contributed by atoms with E-state index in [9.17, 15) is 9.90 Å². The summed E-state index contributed by atoms with van der Waals surface area (Å²) in [6, 6.07) is 4.07. The summed E-state index contributed by atoms with van der Waals surface area (Å²) in [4.78, 5) is 14.2. The zero-order chi connectivity index (χ0) is 14.4. The number of β-amino-alcohol motifs (C(OH)–C–C–N with tert-alkyl or cyclic N) is 1. The zero-order valence-corrected chi connectivity index (χ0v) is 12.4. The SMILES string of the molecule is Cc1cc(C)c(C(=O)N2CC(O)(C(C)C)C2)c(C)c1. The van der Waals surface area contributed by atoms with Crippen molar-refractivity contribution in [2.75, 3.05) is 13.1 Å². The molecule has 1 N–H and O–H groups in total. The summed E-state index contributed by atoms with van der Waals surface area (Å²) in [6.07, 6.45) is 0. The maximum Gasteiger partial charge on any atom is 0.254 e. The lowest BCUT2D eigenvalue weighted by Gasteiger charge is -2.49. The number of likely N-dealkylation sites (tertiary alicyclic amines) is 1. The molecule has 1 aromatic rings. The first kappa shape index (κ1) is 14.1. The van der Waals surface area contributed by atoms with Gasteiger partial charge in [-0.05, 0) is 37.8 Å². The molecule has 1 heterocycles. The van der Waals surface area contributed by atoms with Gasteiger partial charge in [-0.3, -0.25) is 4.79 Å². The summed E-state index contributed by atoms with van der Waals surface area (Å²) in [5.41, 5.74) is 3.29. The lowest BCUT2D eigenvalue weighted by atomic mass is 9.82. The van der Waals surface area contributed by atoms with Gasteiger partial charge in [-0.15, -0.1) is 0 Å². The molecule has 0 spiro atoms. The van der Waals surface area contributed by atoms with Gasteiger partial charge in [-0.2, -0.15) is 0 Å². The summed E-state index contributed by atoms with van der Waals surface area (Å²) in [6.45, 7) is 10.8. The number of carbonyl (C=O) groups excluding carboxylic acids is 1. The molecule has 0 aliphatic carbocycles. The molecule has 104 valence electrons. The summed E-state index contributed by atoms with van der Waals surface area (Å²) < 4.78 is 0. The van der Waals surface area contributed by atoms with Crippen LogP contribution in [0.2, 0.25) is 0 Å². The number of benzene rings is 1. The van der Waals surface area contributed by atoms with Crippen molar-refractivity contribution in [1.82, 2.24) is 4.90 Å². The van der Waals surface area contributed by atoms with Gasteiger partial charge in [0, 0.05) is 5.56 Å². The second-order valence-corrected chi connectivity index (χ2v) is 6.19. The lowest BCUT2D eigenvalue weighted by molar-refractivity contribution is -0.110. The van der Waals surface area contributed by atoms with Crippen LogP contribution in [0.1, 0.15) is 40.9 Å². The van der Waals surface area contributed by atoms with Crippen molar-refractivity contribution in [1.29, 1.82) is 0 Å². The number of hydrogen-bond acceptors (Lipinski definition) is 2. The molecule has 1 amide bonds. The van der Waals surface area contributed by atoms with E-state index in [1.165, 1.54) is 5.56 Å². The Hall–Kier alpha value is -1.35. The minimum atomic E-state index is -0.706.